The van der Waals surface area contributed by atoms with E-state index in [-0.39, 0.29) is 48.7 Å². The number of carboxylic acids is 1. The van der Waals surface area contributed by atoms with E-state index >= 15 is 0 Å². The van der Waals surface area contributed by atoms with E-state index in [1.165, 1.54) is 31.4 Å². The van der Waals surface area contributed by atoms with Crippen LogP contribution in [0.2, 0.25) is 0 Å². The molecule has 2 aliphatic rings. The Morgan fingerprint density at radius 1 is 1.09 bits per heavy atom. The molecule has 3 amide bonds. The van der Waals surface area contributed by atoms with Crippen LogP contribution in [0.25, 0.3) is 0 Å². The standard InChI is InChI=1S/C37H50F3N5O7S/c1-21(2)29(45(6)35(51)36(14-15-36)43-32(48)28-9-7-8-16-44(28)5)19-30(52-23(4)46)33-42-27(20-53-33)31(47)41-26(17-22(3)34(49)50)18-24-10-12-25(13-11-24)37(38,39)40/h10-13,20-22,26,28-30H,7-9,14-19H2,1-6H3,(H,41,47)(H,43,48)(H,49,50)/t22-,26+,28+,29+,30+/m0/s1. The summed E-state index contributed by atoms with van der Waals surface area (Å²) in [5.41, 5.74) is -1.35. The van der Waals surface area contributed by atoms with Crippen LogP contribution in [0, 0.1) is 11.8 Å². The molecule has 292 valence electrons. The number of aliphatic carboxylic acids is 1. The molecular weight excluding hydrogens is 715 g/mol. The quantitative estimate of drug-likeness (QED) is 0.195. The first-order valence-electron chi connectivity index (χ1n) is 17.9. The third-order valence-electron chi connectivity index (χ3n) is 10.1. The number of thiazole rings is 1. The summed E-state index contributed by atoms with van der Waals surface area (Å²) in [5, 5.41) is 17.1. The van der Waals surface area contributed by atoms with Crippen LogP contribution in [0.15, 0.2) is 29.6 Å². The normalized spacial score (nSPS) is 19.4. The summed E-state index contributed by atoms with van der Waals surface area (Å²) in [6, 6.07) is 2.97. The zero-order valence-electron chi connectivity index (χ0n) is 31.0. The molecule has 1 aliphatic carbocycles. The van der Waals surface area contributed by atoms with E-state index in [4.69, 9.17) is 4.74 Å². The predicted molar refractivity (Wildman–Crippen MR) is 191 cm³/mol. The molecule has 3 N–H and O–H groups in total. The zero-order chi connectivity index (χ0) is 39.2. The number of amides is 3. The lowest BCUT2D eigenvalue weighted by Crippen LogP contribution is -2.57. The molecule has 5 atom stereocenters. The van der Waals surface area contributed by atoms with Crippen molar-refractivity contribution in [3.8, 4) is 0 Å². The summed E-state index contributed by atoms with van der Waals surface area (Å²) in [6.07, 6.45) is -1.45. The molecule has 53 heavy (non-hydrogen) atoms. The number of rotatable bonds is 16. The fraction of sp³-hybridized carbons (Fsp3) is 0.622. The largest absolute Gasteiger partial charge is 0.481 e. The second-order valence-corrected chi connectivity index (χ2v) is 15.6. The molecule has 1 saturated heterocycles. The van der Waals surface area contributed by atoms with Gasteiger partial charge in [-0.3, -0.25) is 28.9 Å². The highest BCUT2D eigenvalue weighted by atomic mass is 32.1. The molecule has 0 radical (unpaired) electrons. The van der Waals surface area contributed by atoms with Gasteiger partial charge >= 0.3 is 18.1 Å². The second-order valence-electron chi connectivity index (χ2n) is 14.7. The maximum Gasteiger partial charge on any atom is 0.416 e. The third-order valence-corrected chi connectivity index (χ3v) is 11.1. The number of nitrogens with one attached hydrogen (secondary N) is 2. The number of likely N-dealkylation sites (N-methyl/N-ethyl adjacent to an activating group) is 2. The first-order chi connectivity index (χ1) is 24.8. The molecule has 1 aliphatic heterocycles. The van der Waals surface area contributed by atoms with Crippen LogP contribution >= 0.6 is 11.3 Å². The van der Waals surface area contributed by atoms with Crippen LogP contribution in [-0.2, 0) is 36.5 Å². The Balaban J connectivity index is 1.48. The summed E-state index contributed by atoms with van der Waals surface area (Å²) in [6.45, 7) is 7.41. The highest BCUT2D eigenvalue weighted by Crippen LogP contribution is 2.40. The minimum atomic E-state index is -4.51. The first-order valence-corrected chi connectivity index (χ1v) is 18.8. The number of carbonyl (C=O) groups excluding carboxylic acids is 4. The number of benzene rings is 1. The van der Waals surface area contributed by atoms with Crippen molar-refractivity contribution in [1.29, 1.82) is 0 Å². The number of nitrogens with zero attached hydrogens (tertiary/aromatic N) is 3. The van der Waals surface area contributed by atoms with Gasteiger partial charge in [0.15, 0.2) is 6.10 Å². The maximum absolute atomic E-state index is 14.0. The van der Waals surface area contributed by atoms with Crippen molar-refractivity contribution in [3.63, 3.8) is 0 Å². The molecular formula is C37H50F3N5O7S. The van der Waals surface area contributed by atoms with Gasteiger partial charge in [-0.05, 0) is 75.7 Å². The van der Waals surface area contributed by atoms with Crippen LogP contribution in [0.5, 0.6) is 0 Å². The summed E-state index contributed by atoms with van der Waals surface area (Å²) < 4.78 is 45.0. The Morgan fingerprint density at radius 2 is 1.75 bits per heavy atom. The molecule has 2 fully saturated rings. The number of piperidine rings is 1. The highest BCUT2D eigenvalue weighted by Gasteiger charge is 2.54. The number of likely N-dealkylation sites (tertiary alicyclic amines) is 1. The number of halogens is 3. The van der Waals surface area contributed by atoms with E-state index in [9.17, 15) is 42.3 Å². The first kappa shape index (κ1) is 41.7. The van der Waals surface area contributed by atoms with Crippen molar-refractivity contribution >= 4 is 41.0 Å². The fourth-order valence-electron chi connectivity index (χ4n) is 6.86. The molecule has 0 spiro atoms. The number of carbonyl (C=O) groups is 5. The number of hydrogen-bond acceptors (Lipinski definition) is 9. The molecule has 12 nitrogen and oxygen atoms in total. The minimum Gasteiger partial charge on any atom is -0.481 e. The molecule has 0 bridgehead atoms. The lowest BCUT2D eigenvalue weighted by molar-refractivity contribution is -0.149. The molecule has 1 aromatic carbocycles. The van der Waals surface area contributed by atoms with Gasteiger partial charge in [0.05, 0.1) is 17.5 Å². The van der Waals surface area contributed by atoms with Crippen molar-refractivity contribution in [2.75, 3.05) is 20.6 Å². The van der Waals surface area contributed by atoms with Gasteiger partial charge in [0.1, 0.15) is 16.2 Å². The van der Waals surface area contributed by atoms with Crippen LogP contribution in [0.1, 0.15) is 105 Å². The average molecular weight is 766 g/mol. The average Bonchev–Trinajstić information content (AvgIpc) is 3.68. The Labute approximate surface area is 311 Å². The van der Waals surface area contributed by atoms with Crippen molar-refractivity contribution in [1.82, 2.24) is 25.4 Å². The smallest absolute Gasteiger partial charge is 0.416 e. The Hall–Kier alpha value is -4.05. The van der Waals surface area contributed by atoms with Gasteiger partial charge in [0, 0.05) is 37.9 Å². The van der Waals surface area contributed by atoms with Gasteiger partial charge in [-0.2, -0.15) is 13.2 Å². The van der Waals surface area contributed by atoms with Gasteiger partial charge in [-0.25, -0.2) is 4.98 Å². The van der Waals surface area contributed by atoms with Crippen LogP contribution in [0.3, 0.4) is 0 Å². The second kappa shape index (κ2) is 17.4. The fourth-order valence-corrected chi connectivity index (χ4v) is 7.70. The van der Waals surface area contributed by atoms with E-state index in [0.717, 1.165) is 49.3 Å². The number of esters is 1. The lowest BCUT2D eigenvalue weighted by atomic mass is 9.95. The van der Waals surface area contributed by atoms with Crippen LogP contribution in [-0.4, -0.2) is 93.9 Å². The number of aromatic nitrogens is 1. The van der Waals surface area contributed by atoms with Crippen molar-refractivity contribution < 1.29 is 47.0 Å². The minimum absolute atomic E-state index is 0.00486. The number of alkyl halides is 3. The number of carboxylic acid groups (broad SMARTS) is 1. The zero-order valence-corrected chi connectivity index (χ0v) is 31.8. The van der Waals surface area contributed by atoms with Gasteiger partial charge in [0.2, 0.25) is 11.8 Å². The topological polar surface area (TPSA) is 158 Å². The number of ether oxygens (including phenoxy) is 1. The molecule has 0 unspecified atom stereocenters. The number of hydrogen-bond donors (Lipinski definition) is 3. The van der Waals surface area contributed by atoms with Crippen molar-refractivity contribution in [2.24, 2.45) is 11.8 Å². The lowest BCUT2D eigenvalue weighted by Gasteiger charge is -2.37. The summed E-state index contributed by atoms with van der Waals surface area (Å²) in [4.78, 5) is 72.7. The monoisotopic (exact) mass is 765 g/mol. The van der Waals surface area contributed by atoms with Crippen molar-refractivity contribution in [2.45, 2.75) is 115 Å². The summed E-state index contributed by atoms with van der Waals surface area (Å²) in [7, 11) is 3.59. The highest BCUT2D eigenvalue weighted by molar-refractivity contribution is 7.09. The Morgan fingerprint density at radius 3 is 2.30 bits per heavy atom. The summed E-state index contributed by atoms with van der Waals surface area (Å²) >= 11 is 1.08. The van der Waals surface area contributed by atoms with E-state index in [1.807, 2.05) is 25.8 Å². The molecule has 16 heteroatoms. The SMILES string of the molecule is CC(=O)O[C@H](C[C@H](C(C)C)N(C)C(=O)C1(NC(=O)[C@H]2CCCCN2C)CC1)c1nc(C(=O)N[C@@H](Cc2ccc(C(F)(F)F)cc2)C[C@H](C)C(=O)O)cs1. The predicted octanol–water partition coefficient (Wildman–Crippen LogP) is 5.22. The van der Waals surface area contributed by atoms with Crippen molar-refractivity contribution in [3.05, 3.63) is 51.5 Å². The van der Waals surface area contributed by atoms with E-state index < -0.39 is 59.2 Å². The van der Waals surface area contributed by atoms with Gasteiger partial charge < -0.3 is 25.4 Å². The van der Waals surface area contributed by atoms with Crippen LogP contribution in [0.4, 0.5) is 13.2 Å². The van der Waals surface area contributed by atoms with E-state index in [1.54, 1.807) is 11.9 Å². The maximum atomic E-state index is 14.0. The van der Waals surface area contributed by atoms with Gasteiger partial charge in [-0.15, -0.1) is 11.3 Å². The van der Waals surface area contributed by atoms with E-state index in [2.05, 4.69) is 15.6 Å². The third kappa shape index (κ3) is 11.0. The van der Waals surface area contributed by atoms with Crippen LogP contribution < -0.4 is 10.6 Å². The molecule has 2 aromatic rings. The molecule has 1 aromatic heterocycles. The Kier molecular flexibility index (Phi) is 13.7. The molecule has 4 rings (SSSR count). The van der Waals surface area contributed by atoms with E-state index in [0.29, 0.717) is 23.4 Å². The molecule has 2 heterocycles. The summed E-state index contributed by atoms with van der Waals surface area (Å²) in [5.74, 6) is -3.65. The Bertz CT molecular complexity index is 1630. The molecule has 1 saturated carbocycles. The van der Waals surface area contributed by atoms with Gasteiger partial charge in [0.25, 0.3) is 5.91 Å². The van der Waals surface area contributed by atoms with Gasteiger partial charge in [-0.1, -0.05) is 39.3 Å².